The number of hydrogen-bond donors (Lipinski definition) is 1. The van der Waals surface area contributed by atoms with E-state index in [4.69, 9.17) is 5.26 Å². The second-order valence-corrected chi connectivity index (χ2v) is 5.90. The molecule has 1 N–H and O–H groups in total. The van der Waals surface area contributed by atoms with Gasteiger partial charge in [0.1, 0.15) is 6.07 Å². The Bertz CT molecular complexity index is 620. The van der Waals surface area contributed by atoms with Crippen LogP contribution in [0.15, 0.2) is 29.2 Å². The average Bonchev–Trinajstić information content (AvgIpc) is 2.44. The number of benzene rings is 1. The minimum absolute atomic E-state index is 0.0712. The largest absolute Gasteiger partial charge is 0.355 e. The Morgan fingerprint density at radius 3 is 2.55 bits per heavy atom. The van der Waals surface area contributed by atoms with Crippen LogP contribution in [0.3, 0.4) is 0 Å². The highest BCUT2D eigenvalue weighted by Crippen LogP contribution is 2.19. The number of sulfonamides is 1. The maximum Gasteiger partial charge on any atom is 0.244 e. The van der Waals surface area contributed by atoms with Crippen LogP contribution >= 0.6 is 0 Å². The number of nitrogens with one attached hydrogen (secondary N) is 1. The highest BCUT2D eigenvalue weighted by molar-refractivity contribution is 7.89. The van der Waals surface area contributed by atoms with E-state index < -0.39 is 10.0 Å². The van der Waals surface area contributed by atoms with E-state index in [9.17, 15) is 13.2 Å². The van der Waals surface area contributed by atoms with Crippen molar-refractivity contribution in [3.63, 3.8) is 0 Å². The van der Waals surface area contributed by atoms with E-state index in [1.54, 1.807) is 26.0 Å². The number of carbonyl (C=O) groups is 1. The lowest BCUT2D eigenvalue weighted by Crippen LogP contribution is -2.40. The topological polar surface area (TPSA) is 90.3 Å². The van der Waals surface area contributed by atoms with Gasteiger partial charge in [-0.2, -0.15) is 9.57 Å². The van der Waals surface area contributed by atoms with Gasteiger partial charge in [0.25, 0.3) is 0 Å². The van der Waals surface area contributed by atoms with Crippen molar-refractivity contribution in [3.05, 3.63) is 29.8 Å². The molecule has 0 heterocycles. The van der Waals surface area contributed by atoms with Crippen LogP contribution in [0.4, 0.5) is 0 Å². The van der Waals surface area contributed by atoms with Crippen LogP contribution in [0.5, 0.6) is 0 Å². The van der Waals surface area contributed by atoms with Gasteiger partial charge >= 0.3 is 0 Å². The molecule has 0 unspecified atom stereocenters. The third-order valence-corrected chi connectivity index (χ3v) is 4.65. The Labute approximate surface area is 119 Å². The van der Waals surface area contributed by atoms with Gasteiger partial charge in [-0.1, -0.05) is 19.1 Å². The smallest absolute Gasteiger partial charge is 0.244 e. The zero-order valence-corrected chi connectivity index (χ0v) is 12.3. The molecule has 0 radical (unpaired) electrons. The van der Waals surface area contributed by atoms with Crippen LogP contribution in [0.2, 0.25) is 0 Å². The van der Waals surface area contributed by atoms with E-state index in [-0.39, 0.29) is 29.5 Å². The Morgan fingerprint density at radius 1 is 1.35 bits per heavy atom. The Hall–Kier alpha value is -1.91. The van der Waals surface area contributed by atoms with Crippen molar-refractivity contribution in [2.75, 3.05) is 19.6 Å². The van der Waals surface area contributed by atoms with Crippen molar-refractivity contribution >= 4 is 15.9 Å². The SMILES string of the molecule is CCNC(=O)CN(CC)S(=O)(=O)c1ccccc1C#N. The predicted molar refractivity (Wildman–Crippen MR) is 74.3 cm³/mol. The molecule has 0 aliphatic carbocycles. The third kappa shape index (κ3) is 3.56. The molecular weight excluding hydrogens is 278 g/mol. The summed E-state index contributed by atoms with van der Waals surface area (Å²) in [5, 5.41) is 11.5. The molecule has 6 nitrogen and oxygen atoms in total. The molecule has 0 fully saturated rings. The summed E-state index contributed by atoms with van der Waals surface area (Å²) in [4.78, 5) is 11.5. The molecule has 0 bridgehead atoms. The van der Waals surface area contributed by atoms with Crippen molar-refractivity contribution in [3.8, 4) is 6.07 Å². The molecular formula is C13H17N3O3S. The first-order chi connectivity index (χ1) is 9.47. The first-order valence-electron chi connectivity index (χ1n) is 6.23. The molecule has 0 saturated carbocycles. The number of carbonyl (C=O) groups excluding carboxylic acids is 1. The number of hydrogen-bond acceptors (Lipinski definition) is 4. The molecule has 1 amide bonds. The van der Waals surface area contributed by atoms with Crippen molar-refractivity contribution in [1.29, 1.82) is 5.26 Å². The molecule has 1 aromatic rings. The number of nitriles is 1. The Kier molecular flexibility index (Phi) is 5.67. The van der Waals surface area contributed by atoms with Gasteiger partial charge < -0.3 is 5.32 Å². The van der Waals surface area contributed by atoms with E-state index in [1.165, 1.54) is 12.1 Å². The maximum atomic E-state index is 12.5. The fraction of sp³-hybridized carbons (Fsp3) is 0.385. The van der Waals surface area contributed by atoms with Gasteiger partial charge in [0.05, 0.1) is 17.0 Å². The van der Waals surface area contributed by atoms with Crippen molar-refractivity contribution in [2.45, 2.75) is 18.7 Å². The first kappa shape index (κ1) is 16.1. The van der Waals surface area contributed by atoms with E-state index in [1.807, 2.05) is 6.07 Å². The number of rotatable bonds is 6. The number of amides is 1. The second kappa shape index (κ2) is 7.03. The maximum absolute atomic E-state index is 12.5. The van der Waals surface area contributed by atoms with Gasteiger partial charge in [0.2, 0.25) is 15.9 Å². The van der Waals surface area contributed by atoms with Gasteiger partial charge in [-0.25, -0.2) is 8.42 Å². The van der Waals surface area contributed by atoms with Gasteiger partial charge in [0.15, 0.2) is 0 Å². The van der Waals surface area contributed by atoms with Gasteiger partial charge in [-0.05, 0) is 19.1 Å². The number of nitrogens with zero attached hydrogens (tertiary/aromatic N) is 2. The van der Waals surface area contributed by atoms with E-state index in [0.717, 1.165) is 4.31 Å². The van der Waals surface area contributed by atoms with Crippen LogP contribution < -0.4 is 5.32 Å². The van der Waals surface area contributed by atoms with Crippen LogP contribution in [0, 0.1) is 11.3 Å². The predicted octanol–water partition coefficient (Wildman–Crippen LogP) is 0.705. The van der Waals surface area contributed by atoms with E-state index in [0.29, 0.717) is 6.54 Å². The lowest BCUT2D eigenvalue weighted by Gasteiger charge is -2.20. The fourth-order valence-corrected chi connectivity index (χ4v) is 3.25. The van der Waals surface area contributed by atoms with Crippen LogP contribution in [-0.4, -0.2) is 38.3 Å². The van der Waals surface area contributed by atoms with Gasteiger partial charge in [0, 0.05) is 13.1 Å². The summed E-state index contributed by atoms with van der Waals surface area (Å²) >= 11 is 0. The summed E-state index contributed by atoms with van der Waals surface area (Å²) in [5.41, 5.74) is 0.0712. The second-order valence-electron chi connectivity index (χ2n) is 3.99. The molecule has 108 valence electrons. The molecule has 7 heteroatoms. The van der Waals surface area contributed by atoms with Gasteiger partial charge in [-0.3, -0.25) is 4.79 Å². The molecule has 0 aromatic heterocycles. The summed E-state index contributed by atoms with van der Waals surface area (Å²) in [5.74, 6) is -0.368. The highest BCUT2D eigenvalue weighted by atomic mass is 32.2. The normalized spacial score (nSPS) is 11.1. The summed E-state index contributed by atoms with van der Waals surface area (Å²) in [6, 6.07) is 7.80. The molecule has 0 aliphatic heterocycles. The van der Waals surface area contributed by atoms with E-state index >= 15 is 0 Å². The zero-order chi connectivity index (χ0) is 15.2. The minimum atomic E-state index is -3.86. The summed E-state index contributed by atoms with van der Waals surface area (Å²) in [6.45, 7) is 3.73. The quantitative estimate of drug-likeness (QED) is 0.836. The molecule has 1 rings (SSSR count). The third-order valence-electron chi connectivity index (χ3n) is 2.67. The monoisotopic (exact) mass is 295 g/mol. The summed E-state index contributed by atoms with van der Waals surface area (Å²) < 4.78 is 26.0. The molecule has 20 heavy (non-hydrogen) atoms. The first-order valence-corrected chi connectivity index (χ1v) is 7.67. The van der Waals surface area contributed by atoms with Gasteiger partial charge in [-0.15, -0.1) is 0 Å². The van der Waals surface area contributed by atoms with E-state index in [2.05, 4.69) is 5.32 Å². The molecule has 0 saturated heterocycles. The molecule has 0 spiro atoms. The average molecular weight is 295 g/mol. The fourth-order valence-electron chi connectivity index (χ4n) is 1.70. The van der Waals surface area contributed by atoms with Crippen molar-refractivity contribution in [1.82, 2.24) is 9.62 Å². The standard InChI is InChI=1S/C13H17N3O3S/c1-3-15-13(17)10-16(4-2)20(18,19)12-8-6-5-7-11(12)9-14/h5-8H,3-4,10H2,1-2H3,(H,15,17). The molecule has 0 aliphatic rings. The lowest BCUT2D eigenvalue weighted by molar-refractivity contribution is -0.121. The molecule has 1 aromatic carbocycles. The minimum Gasteiger partial charge on any atom is -0.355 e. The summed E-state index contributed by atoms with van der Waals surface area (Å²) in [7, 11) is -3.86. The van der Waals surface area contributed by atoms with Crippen molar-refractivity contribution in [2.24, 2.45) is 0 Å². The van der Waals surface area contributed by atoms with Crippen LogP contribution in [0.25, 0.3) is 0 Å². The number of likely N-dealkylation sites (N-methyl/N-ethyl adjacent to an activating group) is 2. The molecule has 0 atom stereocenters. The van der Waals surface area contributed by atoms with Crippen molar-refractivity contribution < 1.29 is 13.2 Å². The lowest BCUT2D eigenvalue weighted by atomic mass is 10.2. The van der Waals surface area contributed by atoms with Crippen LogP contribution in [-0.2, 0) is 14.8 Å². The van der Waals surface area contributed by atoms with Crippen LogP contribution in [0.1, 0.15) is 19.4 Å². The zero-order valence-electron chi connectivity index (χ0n) is 11.5. The summed E-state index contributed by atoms with van der Waals surface area (Å²) in [6.07, 6.45) is 0. The Morgan fingerprint density at radius 2 is 2.00 bits per heavy atom. The highest BCUT2D eigenvalue weighted by Gasteiger charge is 2.27. The Balaban J connectivity index is 3.13.